The molecule has 3 aromatic rings. The fourth-order valence-corrected chi connectivity index (χ4v) is 4.10. The number of hydrogen-bond donors (Lipinski definition) is 2. The van der Waals surface area contributed by atoms with Crippen molar-refractivity contribution in [3.8, 4) is 5.75 Å². The molecule has 0 radical (unpaired) electrons. The first-order valence-corrected chi connectivity index (χ1v) is 11.0. The summed E-state index contributed by atoms with van der Waals surface area (Å²) < 4.78 is 33.2. The van der Waals surface area contributed by atoms with Gasteiger partial charge < -0.3 is 4.74 Å². The van der Waals surface area contributed by atoms with Crippen LogP contribution in [0.2, 0.25) is 0 Å². The predicted molar refractivity (Wildman–Crippen MR) is 124 cm³/mol. The van der Waals surface area contributed by atoms with E-state index in [1.54, 1.807) is 50.4 Å². The molecule has 3 aromatic carbocycles. The average molecular weight is 455 g/mol. The molecule has 0 heterocycles. The van der Waals surface area contributed by atoms with Crippen LogP contribution in [0.25, 0.3) is 0 Å². The molecule has 2 N–H and O–H groups in total. The second kappa shape index (κ2) is 9.48. The molecule has 166 valence electrons. The number of aryl methyl sites for hydroxylation is 2. The summed E-state index contributed by atoms with van der Waals surface area (Å²) in [7, 11) is -2.48. The number of nitro benzene ring substituents is 1. The Labute approximate surface area is 185 Å². The lowest BCUT2D eigenvalue weighted by atomic mass is 10.1. The second-order valence-electron chi connectivity index (χ2n) is 7.01. The molecule has 0 fully saturated rings. The number of hydrogen-bond acceptors (Lipinski definition) is 7. The van der Waals surface area contributed by atoms with Gasteiger partial charge in [-0.05, 0) is 55.3 Å². The van der Waals surface area contributed by atoms with E-state index in [0.29, 0.717) is 11.4 Å². The van der Waals surface area contributed by atoms with Gasteiger partial charge >= 0.3 is 0 Å². The molecule has 0 atom stereocenters. The maximum atomic E-state index is 12.8. The van der Waals surface area contributed by atoms with Crippen LogP contribution in [-0.4, -0.2) is 26.7 Å². The van der Waals surface area contributed by atoms with Gasteiger partial charge in [0, 0.05) is 6.07 Å². The Morgan fingerprint density at radius 3 is 2.47 bits per heavy atom. The number of ether oxygens (including phenoxy) is 1. The molecule has 0 saturated carbocycles. The highest BCUT2D eigenvalue weighted by Gasteiger charge is 2.22. The minimum atomic E-state index is -4.03. The van der Waals surface area contributed by atoms with E-state index in [2.05, 4.69) is 15.2 Å². The molecule has 0 aromatic heterocycles. The van der Waals surface area contributed by atoms with Gasteiger partial charge in [-0.1, -0.05) is 29.8 Å². The Hall–Kier alpha value is -3.92. The van der Waals surface area contributed by atoms with Crippen LogP contribution in [0.3, 0.4) is 0 Å². The lowest BCUT2D eigenvalue weighted by Crippen LogP contribution is -2.14. The second-order valence-corrected chi connectivity index (χ2v) is 8.69. The quantitative estimate of drug-likeness (QED) is 0.294. The van der Waals surface area contributed by atoms with Crippen molar-refractivity contribution in [1.29, 1.82) is 0 Å². The Morgan fingerprint density at radius 1 is 1.03 bits per heavy atom. The molecular weight excluding hydrogens is 432 g/mol. The van der Waals surface area contributed by atoms with E-state index in [-0.39, 0.29) is 10.6 Å². The fourth-order valence-electron chi connectivity index (χ4n) is 2.95. The van der Waals surface area contributed by atoms with Gasteiger partial charge in [-0.15, -0.1) is 0 Å². The van der Waals surface area contributed by atoms with Crippen molar-refractivity contribution in [2.24, 2.45) is 5.10 Å². The molecule has 3 rings (SSSR count). The molecule has 0 unspecified atom stereocenters. The zero-order chi connectivity index (χ0) is 23.3. The van der Waals surface area contributed by atoms with Crippen molar-refractivity contribution < 1.29 is 18.1 Å². The maximum Gasteiger partial charge on any atom is 0.295 e. The summed E-state index contributed by atoms with van der Waals surface area (Å²) >= 11 is 0. The van der Waals surface area contributed by atoms with Crippen molar-refractivity contribution in [3.63, 3.8) is 0 Å². The topological polar surface area (TPSA) is 123 Å². The van der Waals surface area contributed by atoms with Gasteiger partial charge in [0.05, 0.1) is 28.8 Å². The standard InChI is InChI=1S/C22H22N4O5S/c1-15-7-9-20(16(2)11-15)25-32(29,30)19-8-10-21(22(13-19)26(27)28)24-23-14-17-5-4-6-18(12-17)31-3/h4-14,24-25H,1-3H3. The summed E-state index contributed by atoms with van der Waals surface area (Å²) in [5.74, 6) is 0.644. The van der Waals surface area contributed by atoms with E-state index in [1.165, 1.54) is 18.3 Å². The van der Waals surface area contributed by atoms with Crippen molar-refractivity contribution in [2.45, 2.75) is 18.7 Å². The zero-order valence-corrected chi connectivity index (χ0v) is 18.5. The summed E-state index contributed by atoms with van der Waals surface area (Å²) in [5.41, 5.74) is 5.09. The average Bonchev–Trinajstić information content (AvgIpc) is 2.76. The van der Waals surface area contributed by atoms with Crippen molar-refractivity contribution in [2.75, 3.05) is 17.3 Å². The van der Waals surface area contributed by atoms with Crippen molar-refractivity contribution in [3.05, 3.63) is 87.5 Å². The van der Waals surface area contributed by atoms with Crippen LogP contribution < -0.4 is 14.9 Å². The van der Waals surface area contributed by atoms with Crippen LogP contribution >= 0.6 is 0 Å². The largest absolute Gasteiger partial charge is 0.497 e. The number of anilines is 2. The number of nitrogens with zero attached hydrogens (tertiary/aromatic N) is 2. The molecule has 10 heteroatoms. The monoisotopic (exact) mass is 454 g/mol. The zero-order valence-electron chi connectivity index (χ0n) is 17.7. The van der Waals surface area contributed by atoms with E-state index < -0.39 is 20.6 Å². The number of benzene rings is 3. The SMILES string of the molecule is COc1cccc(C=NNc2ccc(S(=O)(=O)Nc3ccc(C)cc3C)cc2[N+](=O)[O-])c1. The summed E-state index contributed by atoms with van der Waals surface area (Å²) in [6, 6.07) is 15.9. The van der Waals surface area contributed by atoms with Gasteiger partial charge in [0.1, 0.15) is 11.4 Å². The molecule has 0 saturated heterocycles. The molecule has 0 amide bonds. The molecule has 0 aliphatic rings. The minimum absolute atomic E-state index is 0.0552. The van der Waals surface area contributed by atoms with E-state index >= 15 is 0 Å². The van der Waals surface area contributed by atoms with Crippen LogP contribution in [0.15, 0.2) is 70.7 Å². The number of nitro groups is 1. The van der Waals surface area contributed by atoms with E-state index in [9.17, 15) is 18.5 Å². The Bertz CT molecular complexity index is 1290. The van der Waals surface area contributed by atoms with Crippen molar-refractivity contribution in [1.82, 2.24) is 0 Å². The highest BCUT2D eigenvalue weighted by Crippen LogP contribution is 2.29. The lowest BCUT2D eigenvalue weighted by molar-refractivity contribution is -0.384. The van der Waals surface area contributed by atoms with Gasteiger partial charge in [0.2, 0.25) is 0 Å². The van der Waals surface area contributed by atoms with E-state index in [1.807, 2.05) is 13.0 Å². The Balaban J connectivity index is 1.85. The minimum Gasteiger partial charge on any atom is -0.497 e. The Morgan fingerprint density at radius 2 is 1.78 bits per heavy atom. The maximum absolute atomic E-state index is 12.8. The van der Waals surface area contributed by atoms with Crippen molar-refractivity contribution >= 4 is 33.3 Å². The van der Waals surface area contributed by atoms with Crippen LogP contribution in [0.4, 0.5) is 17.1 Å². The third-order valence-electron chi connectivity index (χ3n) is 4.59. The molecule has 0 aliphatic carbocycles. The third kappa shape index (κ3) is 5.41. The number of sulfonamides is 1. The summed E-state index contributed by atoms with van der Waals surface area (Å²) in [6.07, 6.45) is 1.47. The number of rotatable bonds is 8. The van der Waals surface area contributed by atoms with Crippen LogP contribution in [0.1, 0.15) is 16.7 Å². The molecule has 0 bridgehead atoms. The Kier molecular flexibility index (Phi) is 6.74. The first-order valence-electron chi connectivity index (χ1n) is 9.51. The fraction of sp³-hybridized carbons (Fsp3) is 0.136. The highest BCUT2D eigenvalue weighted by atomic mass is 32.2. The molecule has 0 spiro atoms. The summed E-state index contributed by atoms with van der Waals surface area (Å²) in [4.78, 5) is 10.7. The highest BCUT2D eigenvalue weighted by molar-refractivity contribution is 7.92. The molecular formula is C22H22N4O5S. The van der Waals surface area contributed by atoms with Gasteiger partial charge in [0.15, 0.2) is 0 Å². The first-order chi connectivity index (χ1) is 15.2. The normalized spacial score (nSPS) is 11.3. The van der Waals surface area contributed by atoms with E-state index in [4.69, 9.17) is 4.74 Å². The molecule has 0 aliphatic heterocycles. The number of nitrogens with one attached hydrogen (secondary N) is 2. The summed E-state index contributed by atoms with van der Waals surface area (Å²) in [6.45, 7) is 3.68. The van der Waals surface area contributed by atoms with Gasteiger partial charge in [-0.2, -0.15) is 5.10 Å². The molecule has 9 nitrogen and oxygen atoms in total. The van der Waals surface area contributed by atoms with Gasteiger partial charge in [-0.25, -0.2) is 8.42 Å². The van der Waals surface area contributed by atoms with E-state index in [0.717, 1.165) is 22.8 Å². The van der Waals surface area contributed by atoms with Gasteiger partial charge in [-0.3, -0.25) is 20.3 Å². The number of hydrazone groups is 1. The van der Waals surface area contributed by atoms with Crippen LogP contribution in [0.5, 0.6) is 5.75 Å². The van der Waals surface area contributed by atoms with Crippen LogP contribution in [-0.2, 0) is 10.0 Å². The smallest absolute Gasteiger partial charge is 0.295 e. The third-order valence-corrected chi connectivity index (χ3v) is 5.96. The first kappa shape index (κ1) is 22.8. The number of methoxy groups -OCH3 is 1. The predicted octanol–water partition coefficient (Wildman–Crippen LogP) is 4.47. The molecule has 32 heavy (non-hydrogen) atoms. The van der Waals surface area contributed by atoms with Crippen LogP contribution in [0, 0.1) is 24.0 Å². The lowest BCUT2D eigenvalue weighted by Gasteiger charge is -2.12. The van der Waals surface area contributed by atoms with Gasteiger partial charge in [0.25, 0.3) is 15.7 Å². The summed E-state index contributed by atoms with van der Waals surface area (Å²) in [5, 5.41) is 15.6.